The molecule has 0 spiro atoms. The second-order valence-electron chi connectivity index (χ2n) is 8.08. The van der Waals surface area contributed by atoms with Gasteiger partial charge in [0, 0.05) is 25.6 Å². The highest BCUT2D eigenvalue weighted by Gasteiger charge is 2.23. The molecule has 1 aliphatic heterocycles. The highest BCUT2D eigenvalue weighted by molar-refractivity contribution is 5.86. The number of nitrogens with one attached hydrogen (secondary N) is 4. The van der Waals surface area contributed by atoms with Crippen molar-refractivity contribution in [2.75, 3.05) is 22.5 Å². The molecular weight excluding hydrogens is 430 g/mol. The van der Waals surface area contributed by atoms with Gasteiger partial charge in [-0.05, 0) is 49.3 Å². The number of fused-ring (bicyclic) bond motifs is 1. The quantitative estimate of drug-likeness (QED) is 0.310. The van der Waals surface area contributed by atoms with E-state index in [1.54, 1.807) is 12.1 Å². The van der Waals surface area contributed by atoms with E-state index in [2.05, 4.69) is 25.9 Å². The Labute approximate surface area is 189 Å². The number of nitrogens with zero attached hydrogens (tertiary/aromatic N) is 1. The van der Waals surface area contributed by atoms with Crippen LogP contribution in [0.4, 0.5) is 17.5 Å². The highest BCUT2D eigenvalue weighted by atomic mass is 16.4. The molecule has 1 aliphatic rings. The van der Waals surface area contributed by atoms with Gasteiger partial charge in [-0.2, -0.15) is 4.98 Å². The maximum absolute atomic E-state index is 12.4. The van der Waals surface area contributed by atoms with E-state index in [0.29, 0.717) is 30.0 Å². The van der Waals surface area contributed by atoms with Crippen LogP contribution < -0.4 is 21.5 Å². The number of hydrogen-bond acceptors (Lipinski definition) is 7. The lowest BCUT2D eigenvalue weighted by Crippen LogP contribution is -2.31. The van der Waals surface area contributed by atoms with Gasteiger partial charge in [0.25, 0.3) is 5.56 Å². The van der Waals surface area contributed by atoms with Crippen molar-refractivity contribution in [1.29, 1.82) is 0 Å². The van der Waals surface area contributed by atoms with E-state index in [-0.39, 0.29) is 36.2 Å². The van der Waals surface area contributed by atoms with E-state index in [1.165, 1.54) is 6.92 Å². The molecule has 0 aliphatic carbocycles. The van der Waals surface area contributed by atoms with Crippen molar-refractivity contribution < 1.29 is 24.6 Å². The third-order valence-corrected chi connectivity index (χ3v) is 5.44. The Balaban J connectivity index is 1.55. The molecule has 2 heterocycles. The second kappa shape index (κ2) is 10.6. The molecule has 0 bridgehead atoms. The van der Waals surface area contributed by atoms with Gasteiger partial charge in [-0.25, -0.2) is 4.79 Å². The number of anilines is 3. The van der Waals surface area contributed by atoms with Crippen molar-refractivity contribution in [2.24, 2.45) is 5.92 Å². The van der Waals surface area contributed by atoms with Crippen LogP contribution in [0.5, 0.6) is 0 Å². The Morgan fingerprint density at radius 2 is 1.94 bits per heavy atom. The van der Waals surface area contributed by atoms with Crippen LogP contribution in [0.25, 0.3) is 0 Å². The Kier molecular flexibility index (Phi) is 7.65. The number of carbonyl (C=O) groups excluding carboxylic acids is 1. The fraction of sp³-hybridized carbons (Fsp3) is 0.409. The zero-order valence-corrected chi connectivity index (χ0v) is 18.2. The maximum Gasteiger partial charge on any atom is 0.326 e. The lowest BCUT2D eigenvalue weighted by Gasteiger charge is -2.25. The number of carboxylic acid groups (broad SMARTS) is 2. The van der Waals surface area contributed by atoms with E-state index >= 15 is 0 Å². The largest absolute Gasteiger partial charge is 0.481 e. The fourth-order valence-corrected chi connectivity index (χ4v) is 3.73. The van der Waals surface area contributed by atoms with Crippen LogP contribution in [-0.2, 0) is 27.2 Å². The molecular formula is C22H27N5O6. The zero-order chi connectivity index (χ0) is 24.0. The number of aromatic amines is 1. The smallest absolute Gasteiger partial charge is 0.326 e. The predicted molar refractivity (Wildman–Crippen MR) is 122 cm³/mol. The Hall–Kier alpha value is -3.89. The van der Waals surface area contributed by atoms with Gasteiger partial charge in [0.05, 0.1) is 5.56 Å². The van der Waals surface area contributed by atoms with Crippen LogP contribution in [0.3, 0.4) is 0 Å². The minimum Gasteiger partial charge on any atom is -0.481 e. The maximum atomic E-state index is 12.4. The first-order valence-electron chi connectivity index (χ1n) is 10.7. The number of benzene rings is 1. The third kappa shape index (κ3) is 6.79. The monoisotopic (exact) mass is 457 g/mol. The van der Waals surface area contributed by atoms with Gasteiger partial charge in [-0.15, -0.1) is 0 Å². The molecule has 1 amide bonds. The van der Waals surface area contributed by atoms with Crippen molar-refractivity contribution in [1.82, 2.24) is 9.97 Å². The number of aryl methyl sites for hydroxylation is 1. The zero-order valence-electron chi connectivity index (χ0n) is 18.2. The van der Waals surface area contributed by atoms with Crippen molar-refractivity contribution in [3.05, 3.63) is 45.7 Å². The average molecular weight is 457 g/mol. The molecule has 11 heteroatoms. The number of carboxylic acids is 2. The third-order valence-electron chi connectivity index (χ3n) is 5.44. The van der Waals surface area contributed by atoms with E-state index in [4.69, 9.17) is 5.11 Å². The topological polar surface area (TPSA) is 174 Å². The van der Waals surface area contributed by atoms with Crippen molar-refractivity contribution in [3.63, 3.8) is 0 Å². The van der Waals surface area contributed by atoms with Gasteiger partial charge in [0.2, 0.25) is 11.9 Å². The Morgan fingerprint density at radius 1 is 1.21 bits per heavy atom. The number of carbonyl (C=O) groups is 3. The molecule has 11 nitrogen and oxygen atoms in total. The molecule has 0 radical (unpaired) electrons. The van der Waals surface area contributed by atoms with Gasteiger partial charge in [-0.1, -0.05) is 12.1 Å². The van der Waals surface area contributed by atoms with E-state index in [0.717, 1.165) is 18.4 Å². The van der Waals surface area contributed by atoms with Crippen LogP contribution >= 0.6 is 0 Å². The van der Waals surface area contributed by atoms with Crippen LogP contribution in [-0.4, -0.2) is 50.6 Å². The van der Waals surface area contributed by atoms with Crippen LogP contribution in [0.15, 0.2) is 29.1 Å². The van der Waals surface area contributed by atoms with E-state index in [1.807, 2.05) is 12.1 Å². The predicted octanol–water partition coefficient (Wildman–Crippen LogP) is 1.68. The summed E-state index contributed by atoms with van der Waals surface area (Å²) < 4.78 is 0. The van der Waals surface area contributed by atoms with Crippen LogP contribution in [0.1, 0.15) is 37.3 Å². The highest BCUT2D eigenvalue weighted by Crippen LogP contribution is 2.24. The lowest BCUT2D eigenvalue weighted by molar-refractivity contribution is -0.139. The molecule has 1 aromatic carbocycles. The Bertz CT molecular complexity index is 1080. The van der Waals surface area contributed by atoms with Gasteiger partial charge >= 0.3 is 11.9 Å². The van der Waals surface area contributed by atoms with E-state index < -0.39 is 18.0 Å². The van der Waals surface area contributed by atoms with Crippen molar-refractivity contribution in [2.45, 2.75) is 45.1 Å². The fourth-order valence-electron chi connectivity index (χ4n) is 3.73. The molecule has 0 fully saturated rings. The number of amides is 1. The van der Waals surface area contributed by atoms with E-state index in [9.17, 15) is 24.3 Å². The second-order valence-corrected chi connectivity index (χ2v) is 8.08. The van der Waals surface area contributed by atoms with Gasteiger partial charge in [0.15, 0.2) is 0 Å². The summed E-state index contributed by atoms with van der Waals surface area (Å²) in [5.74, 6) is -1.60. The molecule has 0 saturated carbocycles. The number of aliphatic carboxylic acids is 2. The molecule has 1 unspecified atom stereocenters. The van der Waals surface area contributed by atoms with Crippen LogP contribution in [0, 0.1) is 5.92 Å². The van der Waals surface area contributed by atoms with Crippen molar-refractivity contribution in [3.8, 4) is 0 Å². The summed E-state index contributed by atoms with van der Waals surface area (Å²) in [6.45, 7) is 2.00. The SMILES string of the molecule is CC(=O)Nc1nc2c(c(=O)[nH]1)CC(CCc1ccc(N[C@@H](CCC(=O)O)C(=O)O)cc1)CN2. The summed E-state index contributed by atoms with van der Waals surface area (Å²) in [5, 5.41) is 26.5. The number of aromatic nitrogens is 2. The molecule has 33 heavy (non-hydrogen) atoms. The summed E-state index contributed by atoms with van der Waals surface area (Å²) >= 11 is 0. The first kappa shape index (κ1) is 23.8. The molecule has 0 saturated heterocycles. The summed E-state index contributed by atoms with van der Waals surface area (Å²) in [7, 11) is 0. The minimum absolute atomic E-state index is 0.0110. The number of rotatable bonds is 10. The molecule has 6 N–H and O–H groups in total. The molecule has 1 aromatic heterocycles. The number of H-pyrrole nitrogens is 1. The first-order valence-corrected chi connectivity index (χ1v) is 10.7. The average Bonchev–Trinajstić information content (AvgIpc) is 2.75. The Morgan fingerprint density at radius 3 is 2.58 bits per heavy atom. The summed E-state index contributed by atoms with van der Waals surface area (Å²) in [6, 6.07) is 6.38. The molecule has 3 rings (SSSR count). The number of hydrogen-bond donors (Lipinski definition) is 6. The lowest BCUT2D eigenvalue weighted by atomic mass is 9.91. The summed E-state index contributed by atoms with van der Waals surface area (Å²) in [5.41, 5.74) is 1.97. The first-order chi connectivity index (χ1) is 15.7. The van der Waals surface area contributed by atoms with Gasteiger partial charge in [0.1, 0.15) is 11.9 Å². The standard InChI is InChI=1S/C22H27N5O6/c1-12(28)24-22-26-19-16(20(31)27-22)10-14(11-23-19)3-2-13-4-6-15(7-5-13)25-17(21(32)33)8-9-18(29)30/h4-7,14,17,25H,2-3,8-11H2,1H3,(H,29,30)(H,32,33)(H3,23,24,26,27,28,31)/t14?,17-/m0/s1. The molecule has 2 aromatic rings. The molecule has 176 valence electrons. The van der Waals surface area contributed by atoms with Crippen LogP contribution in [0.2, 0.25) is 0 Å². The van der Waals surface area contributed by atoms with Crippen molar-refractivity contribution >= 4 is 35.3 Å². The molecule has 2 atom stereocenters. The van der Waals surface area contributed by atoms with Gasteiger partial charge < -0.3 is 20.8 Å². The summed E-state index contributed by atoms with van der Waals surface area (Å²) in [4.78, 5) is 52.4. The van der Waals surface area contributed by atoms with Gasteiger partial charge in [-0.3, -0.25) is 24.7 Å². The normalized spacial score (nSPS) is 15.6. The minimum atomic E-state index is -1.10. The summed E-state index contributed by atoms with van der Waals surface area (Å²) in [6.07, 6.45) is 1.95.